The van der Waals surface area contributed by atoms with Crippen LogP contribution in [0.1, 0.15) is 31.2 Å². The summed E-state index contributed by atoms with van der Waals surface area (Å²) in [4.78, 5) is 0. The number of sulfonamides is 1. The highest BCUT2D eigenvalue weighted by Gasteiger charge is 2.20. The minimum Gasteiger partial charge on any atom is -0.377 e. The molecular weight excluding hydrogens is 280 g/mol. The Morgan fingerprint density at radius 1 is 1.45 bits per heavy atom. The summed E-state index contributed by atoms with van der Waals surface area (Å²) in [5.74, 6) is 0. The van der Waals surface area contributed by atoms with Crippen molar-refractivity contribution in [3.63, 3.8) is 0 Å². The molecule has 0 unspecified atom stereocenters. The molecule has 7 nitrogen and oxygen atoms in total. The lowest BCUT2D eigenvalue weighted by Crippen LogP contribution is -2.29. The van der Waals surface area contributed by atoms with Crippen LogP contribution in [0.3, 0.4) is 0 Å². The van der Waals surface area contributed by atoms with Crippen molar-refractivity contribution in [1.29, 1.82) is 0 Å². The van der Waals surface area contributed by atoms with E-state index in [1.165, 1.54) is 19.0 Å². The van der Waals surface area contributed by atoms with Gasteiger partial charge in [0.05, 0.1) is 18.9 Å². The minimum atomic E-state index is -3.55. The SMILES string of the molecule is CNCc1cn[nH]c1S(=O)(=O)NCCOC1CCCC1. The van der Waals surface area contributed by atoms with Gasteiger partial charge in [0.2, 0.25) is 0 Å². The third-order valence-electron chi connectivity index (χ3n) is 3.36. The number of nitrogens with one attached hydrogen (secondary N) is 3. The second kappa shape index (κ2) is 7.16. The van der Waals surface area contributed by atoms with Crippen LogP contribution in [0.2, 0.25) is 0 Å². The van der Waals surface area contributed by atoms with Crippen molar-refractivity contribution in [2.75, 3.05) is 20.2 Å². The quantitative estimate of drug-likeness (QED) is 0.603. The molecule has 0 atom stereocenters. The molecule has 2 rings (SSSR count). The van der Waals surface area contributed by atoms with E-state index >= 15 is 0 Å². The molecule has 0 spiro atoms. The maximum absolute atomic E-state index is 12.1. The lowest BCUT2D eigenvalue weighted by atomic mass is 10.3. The number of aromatic nitrogens is 2. The summed E-state index contributed by atoms with van der Waals surface area (Å²) in [5, 5.41) is 9.34. The molecule has 8 heteroatoms. The molecule has 1 heterocycles. The van der Waals surface area contributed by atoms with Gasteiger partial charge in [-0.15, -0.1) is 0 Å². The molecule has 1 aromatic rings. The van der Waals surface area contributed by atoms with E-state index in [4.69, 9.17) is 4.74 Å². The van der Waals surface area contributed by atoms with Crippen LogP contribution in [-0.2, 0) is 21.3 Å². The van der Waals surface area contributed by atoms with E-state index in [0.717, 1.165) is 12.8 Å². The van der Waals surface area contributed by atoms with Crippen molar-refractivity contribution in [1.82, 2.24) is 20.2 Å². The molecule has 0 bridgehead atoms. The standard InChI is InChI=1S/C12H22N4O3S/c1-13-8-10-9-14-16-12(10)20(17,18)15-6-7-19-11-4-2-3-5-11/h9,11,13,15H,2-8H2,1H3,(H,14,16). The van der Waals surface area contributed by atoms with Gasteiger partial charge >= 0.3 is 0 Å². The highest BCUT2D eigenvalue weighted by atomic mass is 32.2. The highest BCUT2D eigenvalue weighted by molar-refractivity contribution is 7.89. The lowest BCUT2D eigenvalue weighted by Gasteiger charge is -2.11. The number of rotatable bonds is 8. The molecule has 0 saturated heterocycles. The lowest BCUT2D eigenvalue weighted by molar-refractivity contribution is 0.0626. The van der Waals surface area contributed by atoms with Crippen molar-refractivity contribution in [3.05, 3.63) is 11.8 Å². The maximum atomic E-state index is 12.1. The third kappa shape index (κ3) is 4.02. The van der Waals surface area contributed by atoms with Gasteiger partial charge in [0.25, 0.3) is 10.0 Å². The monoisotopic (exact) mass is 302 g/mol. The van der Waals surface area contributed by atoms with Gasteiger partial charge in [-0.05, 0) is 19.9 Å². The summed E-state index contributed by atoms with van der Waals surface area (Å²) in [6.07, 6.45) is 6.39. The Balaban J connectivity index is 1.82. The van der Waals surface area contributed by atoms with Crippen LogP contribution >= 0.6 is 0 Å². The Labute approximate surface area is 119 Å². The zero-order valence-corrected chi connectivity index (χ0v) is 12.5. The zero-order valence-electron chi connectivity index (χ0n) is 11.7. The average Bonchev–Trinajstić information content (AvgIpc) is 3.06. The molecular formula is C12H22N4O3S. The summed E-state index contributed by atoms with van der Waals surface area (Å²) in [7, 11) is -1.80. The predicted molar refractivity (Wildman–Crippen MR) is 74.7 cm³/mol. The van der Waals surface area contributed by atoms with Gasteiger partial charge in [0, 0.05) is 18.7 Å². The van der Waals surface area contributed by atoms with Crippen LogP contribution in [-0.4, -0.2) is 44.9 Å². The third-order valence-corrected chi connectivity index (χ3v) is 4.84. The van der Waals surface area contributed by atoms with Gasteiger partial charge in [0.1, 0.15) is 0 Å². The molecule has 1 aliphatic rings. The van der Waals surface area contributed by atoms with E-state index in [1.807, 2.05) is 0 Å². The summed E-state index contributed by atoms with van der Waals surface area (Å²) in [6.45, 7) is 1.13. The second-order valence-electron chi connectivity index (χ2n) is 4.93. The fraction of sp³-hybridized carbons (Fsp3) is 0.750. The van der Waals surface area contributed by atoms with Gasteiger partial charge in [-0.25, -0.2) is 13.1 Å². The van der Waals surface area contributed by atoms with Gasteiger partial charge in [-0.1, -0.05) is 12.8 Å². The molecule has 1 aliphatic carbocycles. The minimum absolute atomic E-state index is 0.118. The molecule has 3 N–H and O–H groups in total. The van der Waals surface area contributed by atoms with E-state index in [2.05, 4.69) is 20.2 Å². The Bertz CT molecular complexity index is 509. The van der Waals surface area contributed by atoms with Gasteiger partial charge in [-0.2, -0.15) is 5.10 Å². The van der Waals surface area contributed by atoms with Crippen molar-refractivity contribution in [2.24, 2.45) is 0 Å². The first-order chi connectivity index (χ1) is 9.63. The second-order valence-corrected chi connectivity index (χ2v) is 6.63. The van der Waals surface area contributed by atoms with Crippen LogP contribution in [0.15, 0.2) is 11.2 Å². The first-order valence-corrected chi connectivity index (χ1v) is 8.40. The number of aromatic amines is 1. The van der Waals surface area contributed by atoms with Crippen molar-refractivity contribution >= 4 is 10.0 Å². The fourth-order valence-corrected chi connectivity index (χ4v) is 3.52. The summed E-state index contributed by atoms with van der Waals surface area (Å²) in [6, 6.07) is 0. The Hall–Kier alpha value is -0.960. The van der Waals surface area contributed by atoms with E-state index in [9.17, 15) is 8.42 Å². The van der Waals surface area contributed by atoms with E-state index in [0.29, 0.717) is 24.8 Å². The molecule has 114 valence electrons. The van der Waals surface area contributed by atoms with Crippen LogP contribution in [0, 0.1) is 0 Å². The Morgan fingerprint density at radius 3 is 2.90 bits per heavy atom. The van der Waals surface area contributed by atoms with Crippen LogP contribution in [0.25, 0.3) is 0 Å². The smallest absolute Gasteiger partial charge is 0.257 e. The normalized spacial score (nSPS) is 16.9. The molecule has 1 saturated carbocycles. The molecule has 0 aliphatic heterocycles. The Kier molecular flexibility index (Phi) is 5.53. The van der Waals surface area contributed by atoms with E-state index in [-0.39, 0.29) is 11.6 Å². The van der Waals surface area contributed by atoms with Gasteiger partial charge in [0.15, 0.2) is 5.03 Å². The topological polar surface area (TPSA) is 96.1 Å². The average molecular weight is 302 g/mol. The summed E-state index contributed by atoms with van der Waals surface area (Å²) < 4.78 is 32.4. The van der Waals surface area contributed by atoms with E-state index < -0.39 is 10.0 Å². The first-order valence-electron chi connectivity index (χ1n) is 6.91. The zero-order chi connectivity index (χ0) is 14.4. The van der Waals surface area contributed by atoms with Crippen LogP contribution in [0.5, 0.6) is 0 Å². The number of hydrogen-bond donors (Lipinski definition) is 3. The number of hydrogen-bond acceptors (Lipinski definition) is 5. The molecule has 0 aromatic carbocycles. The van der Waals surface area contributed by atoms with Gasteiger partial charge in [-0.3, -0.25) is 5.10 Å². The van der Waals surface area contributed by atoms with Gasteiger partial charge < -0.3 is 10.1 Å². The number of nitrogens with zero attached hydrogens (tertiary/aromatic N) is 1. The number of ether oxygens (including phenoxy) is 1. The largest absolute Gasteiger partial charge is 0.377 e. The summed E-state index contributed by atoms with van der Waals surface area (Å²) >= 11 is 0. The van der Waals surface area contributed by atoms with Crippen molar-refractivity contribution in [3.8, 4) is 0 Å². The fourth-order valence-electron chi connectivity index (χ4n) is 2.38. The van der Waals surface area contributed by atoms with E-state index in [1.54, 1.807) is 7.05 Å². The maximum Gasteiger partial charge on any atom is 0.257 e. The molecule has 1 fully saturated rings. The summed E-state index contributed by atoms with van der Waals surface area (Å²) in [5.41, 5.74) is 0.622. The number of H-pyrrole nitrogens is 1. The van der Waals surface area contributed by atoms with Crippen LogP contribution < -0.4 is 10.0 Å². The first kappa shape index (κ1) is 15.4. The molecule has 1 aromatic heterocycles. The molecule has 20 heavy (non-hydrogen) atoms. The van der Waals surface area contributed by atoms with Crippen LogP contribution in [0.4, 0.5) is 0 Å². The van der Waals surface area contributed by atoms with Crippen molar-refractivity contribution in [2.45, 2.75) is 43.4 Å². The molecule has 0 radical (unpaired) electrons. The van der Waals surface area contributed by atoms with Crippen molar-refractivity contribution < 1.29 is 13.2 Å². The highest BCUT2D eigenvalue weighted by Crippen LogP contribution is 2.20. The Morgan fingerprint density at radius 2 is 2.20 bits per heavy atom. The molecule has 0 amide bonds. The predicted octanol–water partition coefficient (Wildman–Crippen LogP) is 0.367.